The van der Waals surface area contributed by atoms with Crippen LogP contribution in [0.5, 0.6) is 0 Å². The van der Waals surface area contributed by atoms with Gasteiger partial charge < -0.3 is 9.72 Å². The number of hydrogen-bond acceptors (Lipinski definition) is 3. The van der Waals surface area contributed by atoms with Crippen molar-refractivity contribution in [1.29, 1.82) is 0 Å². The SMILES string of the molecule is COC(=O)c1ccc(C(c2cccc(F)c2)c2cccc(F)c2)[nH]c1=O. The summed E-state index contributed by atoms with van der Waals surface area (Å²) in [5.74, 6) is -2.26. The molecule has 0 spiro atoms. The Balaban J connectivity index is 2.17. The molecule has 1 N–H and O–H groups in total. The first-order chi connectivity index (χ1) is 12.5. The number of aromatic nitrogens is 1. The van der Waals surface area contributed by atoms with Crippen LogP contribution in [0.3, 0.4) is 0 Å². The molecule has 0 radical (unpaired) electrons. The van der Waals surface area contributed by atoms with Gasteiger partial charge in [0.25, 0.3) is 5.56 Å². The highest BCUT2D eigenvalue weighted by molar-refractivity contribution is 5.88. The Bertz CT molecular complexity index is 968. The molecule has 2 aromatic carbocycles. The van der Waals surface area contributed by atoms with Gasteiger partial charge in [-0.3, -0.25) is 4.79 Å². The summed E-state index contributed by atoms with van der Waals surface area (Å²) in [6, 6.07) is 14.6. The van der Waals surface area contributed by atoms with E-state index < -0.39 is 29.1 Å². The van der Waals surface area contributed by atoms with E-state index >= 15 is 0 Å². The van der Waals surface area contributed by atoms with E-state index in [0.29, 0.717) is 16.8 Å². The van der Waals surface area contributed by atoms with Crippen LogP contribution >= 0.6 is 0 Å². The van der Waals surface area contributed by atoms with E-state index in [1.807, 2.05) is 0 Å². The number of halogens is 2. The number of carbonyl (C=O) groups is 1. The fourth-order valence-corrected chi connectivity index (χ4v) is 2.85. The quantitative estimate of drug-likeness (QED) is 0.727. The Morgan fingerprint density at radius 1 is 0.962 bits per heavy atom. The minimum atomic E-state index is -0.758. The molecule has 0 saturated carbocycles. The molecule has 0 amide bonds. The molecule has 0 aliphatic rings. The molecule has 3 rings (SSSR count). The first kappa shape index (κ1) is 17.5. The van der Waals surface area contributed by atoms with Crippen LogP contribution in [0.25, 0.3) is 0 Å². The van der Waals surface area contributed by atoms with Gasteiger partial charge >= 0.3 is 5.97 Å². The lowest BCUT2D eigenvalue weighted by molar-refractivity contribution is 0.0598. The maximum absolute atomic E-state index is 13.7. The van der Waals surface area contributed by atoms with Crippen LogP contribution in [0.1, 0.15) is 33.1 Å². The van der Waals surface area contributed by atoms with Gasteiger partial charge in [-0.25, -0.2) is 13.6 Å². The van der Waals surface area contributed by atoms with E-state index in [4.69, 9.17) is 0 Å². The van der Waals surface area contributed by atoms with Crippen LogP contribution < -0.4 is 5.56 Å². The Labute approximate surface area is 148 Å². The lowest BCUT2D eigenvalue weighted by atomic mass is 9.88. The Kier molecular flexibility index (Phi) is 4.93. The number of aromatic amines is 1. The van der Waals surface area contributed by atoms with Gasteiger partial charge in [-0.05, 0) is 47.5 Å². The van der Waals surface area contributed by atoms with Crippen molar-refractivity contribution in [2.24, 2.45) is 0 Å². The Morgan fingerprint density at radius 3 is 2.00 bits per heavy atom. The van der Waals surface area contributed by atoms with Crippen LogP contribution in [-0.2, 0) is 4.74 Å². The summed E-state index contributed by atoms with van der Waals surface area (Å²) >= 11 is 0. The predicted octanol–water partition coefficient (Wildman–Crippen LogP) is 3.62. The zero-order chi connectivity index (χ0) is 18.7. The minimum absolute atomic E-state index is 0.145. The van der Waals surface area contributed by atoms with Gasteiger partial charge in [0.15, 0.2) is 0 Å². The van der Waals surface area contributed by atoms with E-state index in [2.05, 4.69) is 9.72 Å². The topological polar surface area (TPSA) is 59.2 Å². The molecule has 26 heavy (non-hydrogen) atoms. The van der Waals surface area contributed by atoms with Gasteiger partial charge in [0.1, 0.15) is 17.2 Å². The highest BCUT2D eigenvalue weighted by atomic mass is 19.1. The molecule has 0 saturated heterocycles. The molecule has 0 unspecified atom stereocenters. The zero-order valence-corrected chi connectivity index (χ0v) is 13.8. The molecule has 6 heteroatoms. The third-order valence-corrected chi connectivity index (χ3v) is 4.01. The van der Waals surface area contributed by atoms with Crippen LogP contribution in [-0.4, -0.2) is 18.1 Å². The number of ether oxygens (including phenoxy) is 1. The second kappa shape index (κ2) is 7.31. The van der Waals surface area contributed by atoms with Gasteiger partial charge in [-0.15, -0.1) is 0 Å². The fraction of sp³-hybridized carbons (Fsp3) is 0.100. The number of methoxy groups -OCH3 is 1. The van der Waals surface area contributed by atoms with Crippen LogP contribution in [0.2, 0.25) is 0 Å². The van der Waals surface area contributed by atoms with Crippen LogP contribution in [0, 0.1) is 11.6 Å². The Morgan fingerprint density at radius 2 is 1.54 bits per heavy atom. The molecular formula is C20H15F2NO3. The second-order valence-electron chi connectivity index (χ2n) is 5.69. The number of carbonyl (C=O) groups excluding carboxylic acids is 1. The van der Waals surface area contributed by atoms with Gasteiger partial charge in [-0.1, -0.05) is 24.3 Å². The van der Waals surface area contributed by atoms with E-state index in [9.17, 15) is 18.4 Å². The summed E-state index contributed by atoms with van der Waals surface area (Å²) in [5, 5.41) is 0. The molecule has 0 fully saturated rings. The number of pyridine rings is 1. The van der Waals surface area contributed by atoms with E-state index in [1.54, 1.807) is 12.1 Å². The first-order valence-corrected chi connectivity index (χ1v) is 7.82. The number of H-pyrrole nitrogens is 1. The number of hydrogen-bond donors (Lipinski definition) is 1. The molecule has 0 atom stereocenters. The minimum Gasteiger partial charge on any atom is -0.465 e. The van der Waals surface area contributed by atoms with Crippen molar-refractivity contribution in [2.45, 2.75) is 5.92 Å². The molecule has 0 aliphatic carbocycles. The van der Waals surface area contributed by atoms with E-state index in [1.165, 1.54) is 55.6 Å². The highest BCUT2D eigenvalue weighted by Crippen LogP contribution is 2.31. The van der Waals surface area contributed by atoms with Crippen molar-refractivity contribution in [3.63, 3.8) is 0 Å². The smallest absolute Gasteiger partial charge is 0.343 e. The molecule has 1 aromatic heterocycles. The summed E-state index contributed by atoms with van der Waals surface area (Å²) in [4.78, 5) is 26.5. The zero-order valence-electron chi connectivity index (χ0n) is 13.8. The Hall–Kier alpha value is -3.28. The molecule has 3 aromatic rings. The van der Waals surface area contributed by atoms with Gasteiger partial charge in [0.05, 0.1) is 7.11 Å². The van der Waals surface area contributed by atoms with Crippen molar-refractivity contribution in [1.82, 2.24) is 4.98 Å². The van der Waals surface area contributed by atoms with Gasteiger partial charge in [0.2, 0.25) is 0 Å². The average molecular weight is 355 g/mol. The summed E-state index contributed by atoms with van der Waals surface area (Å²) in [6.45, 7) is 0. The summed E-state index contributed by atoms with van der Waals surface area (Å²) in [5.41, 5.74) is 0.702. The average Bonchev–Trinajstić information content (AvgIpc) is 2.62. The maximum atomic E-state index is 13.7. The molecule has 4 nitrogen and oxygen atoms in total. The third kappa shape index (κ3) is 3.54. The van der Waals surface area contributed by atoms with Crippen molar-refractivity contribution in [3.05, 3.63) is 105 Å². The molecule has 132 valence electrons. The lowest BCUT2D eigenvalue weighted by Gasteiger charge is -2.19. The van der Waals surface area contributed by atoms with Crippen molar-refractivity contribution >= 4 is 5.97 Å². The number of nitrogens with one attached hydrogen (secondary N) is 1. The number of benzene rings is 2. The monoisotopic (exact) mass is 355 g/mol. The maximum Gasteiger partial charge on any atom is 0.343 e. The van der Waals surface area contributed by atoms with Crippen molar-refractivity contribution in [3.8, 4) is 0 Å². The molecule has 0 bridgehead atoms. The van der Waals surface area contributed by atoms with Crippen molar-refractivity contribution in [2.75, 3.05) is 7.11 Å². The number of rotatable bonds is 4. The van der Waals surface area contributed by atoms with Gasteiger partial charge in [0, 0.05) is 11.6 Å². The normalized spacial score (nSPS) is 10.8. The standard InChI is InChI=1S/C20H15F2NO3/c1-26-20(25)16-8-9-17(23-19(16)24)18(12-4-2-6-14(21)10-12)13-5-3-7-15(22)11-13/h2-11,18H,1H3,(H,23,24). The van der Waals surface area contributed by atoms with E-state index in [0.717, 1.165) is 0 Å². The predicted molar refractivity (Wildman–Crippen MR) is 92.1 cm³/mol. The summed E-state index contributed by atoms with van der Waals surface area (Å²) < 4.78 is 32.0. The second-order valence-corrected chi connectivity index (χ2v) is 5.69. The van der Waals surface area contributed by atoms with Crippen LogP contribution in [0.4, 0.5) is 8.78 Å². The van der Waals surface area contributed by atoms with Gasteiger partial charge in [-0.2, -0.15) is 0 Å². The fourth-order valence-electron chi connectivity index (χ4n) is 2.85. The molecular weight excluding hydrogens is 340 g/mol. The summed E-state index contributed by atoms with van der Waals surface area (Å²) in [7, 11) is 1.18. The first-order valence-electron chi connectivity index (χ1n) is 7.82. The van der Waals surface area contributed by atoms with Crippen molar-refractivity contribution < 1.29 is 18.3 Å². The highest BCUT2D eigenvalue weighted by Gasteiger charge is 2.21. The van der Waals surface area contributed by atoms with E-state index in [-0.39, 0.29) is 5.56 Å². The third-order valence-electron chi connectivity index (χ3n) is 4.01. The van der Waals surface area contributed by atoms with Crippen LogP contribution in [0.15, 0.2) is 65.5 Å². The molecule has 1 heterocycles. The summed E-state index contributed by atoms with van der Waals surface area (Å²) in [6.07, 6.45) is 0. The number of esters is 1. The largest absolute Gasteiger partial charge is 0.465 e. The molecule has 0 aliphatic heterocycles. The lowest BCUT2D eigenvalue weighted by Crippen LogP contribution is -2.21.